The predicted octanol–water partition coefficient (Wildman–Crippen LogP) is 4.04. The van der Waals surface area contributed by atoms with Crippen molar-refractivity contribution in [3.63, 3.8) is 0 Å². The molecule has 0 spiro atoms. The molecule has 2 nitrogen and oxygen atoms in total. The minimum absolute atomic E-state index is 0.0222. The van der Waals surface area contributed by atoms with Gasteiger partial charge in [-0.2, -0.15) is 0 Å². The van der Waals surface area contributed by atoms with E-state index in [4.69, 9.17) is 0 Å². The van der Waals surface area contributed by atoms with Crippen molar-refractivity contribution >= 4 is 11.3 Å². The Balaban J connectivity index is 2.54. The van der Waals surface area contributed by atoms with Crippen LogP contribution in [0.25, 0.3) is 11.3 Å². The van der Waals surface area contributed by atoms with Gasteiger partial charge in [0.15, 0.2) is 0 Å². The van der Waals surface area contributed by atoms with Gasteiger partial charge < -0.3 is 5.11 Å². The number of aliphatic hydroxyl groups is 1. The van der Waals surface area contributed by atoms with Gasteiger partial charge in [0.1, 0.15) is 5.01 Å². The zero-order chi connectivity index (χ0) is 13.3. The van der Waals surface area contributed by atoms with E-state index in [9.17, 15) is 5.11 Å². The lowest BCUT2D eigenvalue weighted by atomic mass is 9.96. The lowest BCUT2D eigenvalue weighted by Crippen LogP contribution is -1.92. The summed E-state index contributed by atoms with van der Waals surface area (Å²) in [5, 5.41) is 9.97. The molecule has 2 aromatic rings. The van der Waals surface area contributed by atoms with E-state index in [0.717, 1.165) is 10.7 Å². The van der Waals surface area contributed by atoms with Crippen molar-refractivity contribution in [1.82, 2.24) is 4.98 Å². The largest absolute Gasteiger partial charge is 0.389 e. The Bertz CT molecular complexity index is 558. The lowest BCUT2D eigenvalue weighted by molar-refractivity contribution is 0.281. The fourth-order valence-corrected chi connectivity index (χ4v) is 2.83. The number of hydrogen-bond acceptors (Lipinski definition) is 3. The summed E-state index contributed by atoms with van der Waals surface area (Å²) in [5.41, 5.74) is 4.77. The van der Waals surface area contributed by atoms with E-state index in [2.05, 4.69) is 50.9 Å². The maximum Gasteiger partial charge on any atom is 0.119 e. The van der Waals surface area contributed by atoms with Crippen LogP contribution in [-0.4, -0.2) is 10.1 Å². The second-order valence-corrected chi connectivity index (χ2v) is 6.19. The minimum Gasteiger partial charge on any atom is -0.389 e. The number of aryl methyl sites for hydroxylation is 2. The summed E-state index contributed by atoms with van der Waals surface area (Å²) in [6.07, 6.45) is 0. The SMILES string of the molecule is Cc1ccc(C(C)C)cc1-c1nc(CO)sc1C. The van der Waals surface area contributed by atoms with Gasteiger partial charge in [-0.3, -0.25) is 0 Å². The van der Waals surface area contributed by atoms with Crippen molar-refractivity contribution in [2.45, 2.75) is 40.2 Å². The van der Waals surface area contributed by atoms with Gasteiger partial charge in [0.2, 0.25) is 0 Å². The third-order valence-electron chi connectivity index (χ3n) is 3.16. The summed E-state index contributed by atoms with van der Waals surface area (Å²) in [4.78, 5) is 5.70. The molecule has 1 aromatic carbocycles. The van der Waals surface area contributed by atoms with Gasteiger partial charge in [-0.25, -0.2) is 4.98 Å². The summed E-state index contributed by atoms with van der Waals surface area (Å²) in [6.45, 7) is 8.59. The van der Waals surface area contributed by atoms with E-state index >= 15 is 0 Å². The van der Waals surface area contributed by atoms with Gasteiger partial charge in [0.05, 0.1) is 12.3 Å². The van der Waals surface area contributed by atoms with E-state index in [1.165, 1.54) is 21.6 Å². The minimum atomic E-state index is 0.0222. The maximum atomic E-state index is 9.18. The predicted molar refractivity (Wildman–Crippen MR) is 77.0 cm³/mol. The highest BCUT2D eigenvalue weighted by molar-refractivity contribution is 7.12. The molecule has 0 amide bonds. The van der Waals surface area contributed by atoms with Crippen LogP contribution in [0.4, 0.5) is 0 Å². The highest BCUT2D eigenvalue weighted by Crippen LogP contribution is 2.32. The molecule has 1 N–H and O–H groups in total. The van der Waals surface area contributed by atoms with E-state index in [0.29, 0.717) is 5.92 Å². The van der Waals surface area contributed by atoms with Crippen LogP contribution in [0.5, 0.6) is 0 Å². The number of aromatic nitrogens is 1. The van der Waals surface area contributed by atoms with Gasteiger partial charge in [-0.1, -0.05) is 26.0 Å². The Morgan fingerprint density at radius 1 is 1.28 bits per heavy atom. The summed E-state index contributed by atoms with van der Waals surface area (Å²) >= 11 is 1.57. The highest BCUT2D eigenvalue weighted by Gasteiger charge is 2.12. The van der Waals surface area contributed by atoms with E-state index in [-0.39, 0.29) is 6.61 Å². The van der Waals surface area contributed by atoms with Crippen molar-refractivity contribution in [2.75, 3.05) is 0 Å². The van der Waals surface area contributed by atoms with E-state index in [1.54, 1.807) is 11.3 Å². The molecule has 0 aliphatic rings. The fourth-order valence-electron chi connectivity index (χ4n) is 2.02. The zero-order valence-electron chi connectivity index (χ0n) is 11.3. The second-order valence-electron chi connectivity index (χ2n) is 4.90. The zero-order valence-corrected chi connectivity index (χ0v) is 12.1. The molecule has 18 heavy (non-hydrogen) atoms. The third-order valence-corrected chi connectivity index (χ3v) is 4.12. The van der Waals surface area contributed by atoms with Crippen LogP contribution in [0.1, 0.15) is 40.8 Å². The number of aliphatic hydroxyl groups excluding tert-OH is 1. The van der Waals surface area contributed by atoms with E-state index in [1.807, 2.05) is 0 Å². The molecule has 0 bridgehead atoms. The third kappa shape index (κ3) is 2.47. The van der Waals surface area contributed by atoms with Gasteiger partial charge >= 0.3 is 0 Å². The first-order valence-corrected chi connectivity index (χ1v) is 7.02. The topological polar surface area (TPSA) is 33.1 Å². The lowest BCUT2D eigenvalue weighted by Gasteiger charge is -2.10. The van der Waals surface area contributed by atoms with Crippen LogP contribution in [0.2, 0.25) is 0 Å². The summed E-state index contributed by atoms with van der Waals surface area (Å²) in [7, 11) is 0. The van der Waals surface area contributed by atoms with Crippen molar-refractivity contribution in [1.29, 1.82) is 0 Å². The monoisotopic (exact) mass is 261 g/mol. The van der Waals surface area contributed by atoms with Gasteiger partial charge in [0, 0.05) is 10.4 Å². The van der Waals surface area contributed by atoms with Crippen molar-refractivity contribution in [2.24, 2.45) is 0 Å². The number of benzene rings is 1. The second kappa shape index (κ2) is 5.21. The molecule has 0 aliphatic heterocycles. The van der Waals surface area contributed by atoms with Crippen molar-refractivity contribution in [3.05, 3.63) is 39.2 Å². The van der Waals surface area contributed by atoms with E-state index < -0.39 is 0 Å². The molecule has 1 heterocycles. The highest BCUT2D eigenvalue weighted by atomic mass is 32.1. The summed E-state index contributed by atoms with van der Waals surface area (Å²) in [6, 6.07) is 6.56. The molecule has 0 atom stereocenters. The molecule has 0 saturated heterocycles. The van der Waals surface area contributed by atoms with Crippen LogP contribution < -0.4 is 0 Å². The van der Waals surface area contributed by atoms with Gasteiger partial charge in [-0.05, 0) is 37.0 Å². The molecule has 0 saturated carbocycles. The Morgan fingerprint density at radius 3 is 2.56 bits per heavy atom. The number of hydrogen-bond donors (Lipinski definition) is 1. The molecule has 2 rings (SSSR count). The summed E-state index contributed by atoms with van der Waals surface area (Å²) in [5.74, 6) is 0.514. The smallest absolute Gasteiger partial charge is 0.119 e. The Hall–Kier alpha value is -1.19. The fraction of sp³-hybridized carbons (Fsp3) is 0.400. The number of rotatable bonds is 3. The Kier molecular flexibility index (Phi) is 3.83. The van der Waals surface area contributed by atoms with Crippen LogP contribution in [0, 0.1) is 13.8 Å². The Labute approximate surface area is 112 Å². The first-order valence-electron chi connectivity index (χ1n) is 6.21. The van der Waals surface area contributed by atoms with Gasteiger partial charge in [0.25, 0.3) is 0 Å². The van der Waals surface area contributed by atoms with Gasteiger partial charge in [-0.15, -0.1) is 11.3 Å². The standard InChI is InChI=1S/C15H19NOS/c1-9(2)12-6-5-10(3)13(7-12)15-11(4)18-14(8-17)16-15/h5-7,9,17H,8H2,1-4H3. The molecule has 0 aliphatic carbocycles. The molecular weight excluding hydrogens is 242 g/mol. The first kappa shape index (κ1) is 13.2. The summed E-state index contributed by atoms with van der Waals surface area (Å²) < 4.78 is 0. The van der Waals surface area contributed by atoms with Crippen LogP contribution in [-0.2, 0) is 6.61 Å². The molecule has 0 fully saturated rings. The molecule has 3 heteroatoms. The van der Waals surface area contributed by atoms with Crippen LogP contribution >= 0.6 is 11.3 Å². The molecule has 0 unspecified atom stereocenters. The van der Waals surface area contributed by atoms with Crippen molar-refractivity contribution < 1.29 is 5.11 Å². The number of nitrogens with zero attached hydrogens (tertiary/aromatic N) is 1. The quantitative estimate of drug-likeness (QED) is 0.904. The molecule has 1 aromatic heterocycles. The average molecular weight is 261 g/mol. The normalized spacial score (nSPS) is 11.2. The molecule has 0 radical (unpaired) electrons. The Morgan fingerprint density at radius 2 is 2.00 bits per heavy atom. The van der Waals surface area contributed by atoms with Crippen molar-refractivity contribution in [3.8, 4) is 11.3 Å². The molecular formula is C15H19NOS. The average Bonchev–Trinajstić information content (AvgIpc) is 2.71. The number of thiazole rings is 1. The molecule has 96 valence electrons. The van der Waals surface area contributed by atoms with Crippen LogP contribution in [0.15, 0.2) is 18.2 Å². The van der Waals surface area contributed by atoms with Crippen LogP contribution in [0.3, 0.4) is 0 Å². The maximum absolute atomic E-state index is 9.18. The first-order chi connectivity index (χ1) is 8.52.